The molecule has 0 bridgehead atoms. The number of hydrogen-bond acceptors (Lipinski definition) is 0. The summed E-state index contributed by atoms with van der Waals surface area (Å²) in [5.41, 5.74) is 0. The molecule has 0 saturated carbocycles. The molecule has 0 fully saturated rings. The van der Waals surface area contributed by atoms with Crippen LogP contribution in [0, 0.1) is 6.92 Å². The molecule has 3 heteroatoms. The predicted molar refractivity (Wildman–Crippen MR) is 71.6 cm³/mol. The predicted octanol–water partition coefficient (Wildman–Crippen LogP) is 4.56. The van der Waals surface area contributed by atoms with Gasteiger partial charge in [0.25, 0.3) is 0 Å². The maximum absolute atomic E-state index is 4.56. The van der Waals surface area contributed by atoms with Crippen LogP contribution < -0.4 is 0 Å². The second-order valence-electron chi connectivity index (χ2n) is 4.42. The molecule has 0 aromatic carbocycles. The molecule has 0 aliphatic carbocycles. The normalized spacial score (nSPS) is 13.9. The Morgan fingerprint density at radius 1 is 0.750 bits per heavy atom. The molecular formula is C13H29N2Zn-3. The van der Waals surface area contributed by atoms with Gasteiger partial charge in [0.1, 0.15) is 0 Å². The van der Waals surface area contributed by atoms with E-state index in [1.165, 1.54) is 0 Å². The minimum atomic E-state index is 0. The van der Waals surface area contributed by atoms with Crippen molar-refractivity contribution in [1.29, 1.82) is 0 Å². The van der Waals surface area contributed by atoms with Crippen LogP contribution in [-0.2, 0) is 19.5 Å². The minimum Gasteiger partial charge on any atom is -0.657 e. The van der Waals surface area contributed by atoms with Gasteiger partial charge in [-0.1, -0.05) is 48.0 Å². The minimum absolute atomic E-state index is 0. The topological polar surface area (TPSA) is 28.2 Å². The van der Waals surface area contributed by atoms with Gasteiger partial charge in [0.05, 0.1) is 0 Å². The van der Waals surface area contributed by atoms with Crippen LogP contribution in [0.15, 0.2) is 0 Å². The molecule has 0 amide bonds. The molecule has 0 heterocycles. The van der Waals surface area contributed by atoms with Crippen LogP contribution in [0.4, 0.5) is 0 Å². The molecule has 0 saturated heterocycles. The van der Waals surface area contributed by atoms with Crippen molar-refractivity contribution in [3.05, 3.63) is 17.6 Å². The van der Waals surface area contributed by atoms with Crippen LogP contribution in [0.2, 0.25) is 0 Å². The third-order valence-electron chi connectivity index (χ3n) is 1.79. The number of rotatable bonds is 6. The Balaban J connectivity index is -0.000000529. The van der Waals surface area contributed by atoms with Crippen LogP contribution in [0.1, 0.15) is 54.9 Å². The Hall–Kier alpha value is 0.543. The Morgan fingerprint density at radius 3 is 1.19 bits per heavy atom. The first-order valence-corrected chi connectivity index (χ1v) is 6.02. The maximum atomic E-state index is 4.56. The molecule has 0 spiro atoms. The largest absolute Gasteiger partial charge is 0.657 e. The molecule has 0 N–H and O–H groups in total. The SMILES string of the molecule is CC(C)[N-]C(C)CC(C)[N-]C(C)C.[CH2-]C.[Zn]. The van der Waals surface area contributed by atoms with E-state index in [1.807, 2.05) is 0 Å². The molecule has 2 unspecified atom stereocenters. The van der Waals surface area contributed by atoms with Crippen LogP contribution in [0.25, 0.3) is 10.6 Å². The van der Waals surface area contributed by atoms with Crippen molar-refractivity contribution in [2.24, 2.45) is 0 Å². The zero-order valence-corrected chi connectivity index (χ0v) is 15.3. The van der Waals surface area contributed by atoms with Gasteiger partial charge >= 0.3 is 0 Å². The molecule has 0 aromatic rings. The Morgan fingerprint density at radius 2 is 1.00 bits per heavy atom. The Bertz CT molecular complexity index is 113. The molecule has 0 aliphatic heterocycles. The van der Waals surface area contributed by atoms with Crippen molar-refractivity contribution in [2.75, 3.05) is 0 Å². The number of nitrogens with zero attached hydrogens (tertiary/aromatic N) is 2. The van der Waals surface area contributed by atoms with Crippen molar-refractivity contribution in [2.45, 2.75) is 79.1 Å². The van der Waals surface area contributed by atoms with E-state index in [9.17, 15) is 0 Å². The quantitative estimate of drug-likeness (QED) is 0.503. The summed E-state index contributed by atoms with van der Waals surface area (Å²) in [5.74, 6) is 0. The van der Waals surface area contributed by atoms with E-state index < -0.39 is 0 Å². The second kappa shape index (κ2) is 13.6. The van der Waals surface area contributed by atoms with Gasteiger partial charge in [-0.25, -0.2) is 0 Å². The summed E-state index contributed by atoms with van der Waals surface area (Å²) in [6.07, 6.45) is 1.08. The maximum Gasteiger partial charge on any atom is 0 e. The average Bonchev–Trinajstić information content (AvgIpc) is 2.03. The fraction of sp³-hybridized carbons (Fsp3) is 0.923. The average molecular weight is 279 g/mol. The molecule has 2 atom stereocenters. The fourth-order valence-electron chi connectivity index (χ4n) is 1.63. The van der Waals surface area contributed by atoms with Gasteiger partial charge in [-0.2, -0.15) is 6.92 Å². The second-order valence-corrected chi connectivity index (χ2v) is 4.42. The summed E-state index contributed by atoms with van der Waals surface area (Å²) in [6.45, 7) is 17.8. The summed E-state index contributed by atoms with van der Waals surface area (Å²) >= 11 is 0. The van der Waals surface area contributed by atoms with Crippen LogP contribution in [0.5, 0.6) is 0 Å². The van der Waals surface area contributed by atoms with E-state index in [1.54, 1.807) is 6.92 Å². The summed E-state index contributed by atoms with van der Waals surface area (Å²) < 4.78 is 0. The zero-order chi connectivity index (χ0) is 12.4. The summed E-state index contributed by atoms with van der Waals surface area (Å²) in [4.78, 5) is 0. The van der Waals surface area contributed by atoms with Crippen LogP contribution >= 0.6 is 0 Å². The molecule has 0 radical (unpaired) electrons. The van der Waals surface area contributed by atoms with Gasteiger partial charge in [-0.15, -0.1) is 24.2 Å². The third-order valence-corrected chi connectivity index (χ3v) is 1.79. The third kappa shape index (κ3) is 17.0. The Labute approximate surface area is 116 Å². The van der Waals surface area contributed by atoms with Crippen molar-refractivity contribution in [3.8, 4) is 0 Å². The fourth-order valence-corrected chi connectivity index (χ4v) is 1.63. The first kappa shape index (κ1) is 21.8. The van der Waals surface area contributed by atoms with Gasteiger partial charge in [-0.3, -0.25) is 0 Å². The van der Waals surface area contributed by atoms with E-state index >= 15 is 0 Å². The van der Waals surface area contributed by atoms with E-state index in [4.69, 9.17) is 0 Å². The van der Waals surface area contributed by atoms with Gasteiger partial charge in [0.15, 0.2) is 0 Å². The molecule has 96 valence electrons. The summed E-state index contributed by atoms with van der Waals surface area (Å²) in [6, 6.07) is 1.78. The Kier molecular flexibility index (Phi) is 18.5. The summed E-state index contributed by atoms with van der Waals surface area (Å²) in [5, 5.41) is 9.13. The molecule has 0 aromatic heterocycles. The molecule has 0 rings (SSSR count). The van der Waals surface area contributed by atoms with Crippen LogP contribution in [-0.4, -0.2) is 24.2 Å². The van der Waals surface area contributed by atoms with Crippen molar-refractivity contribution in [1.82, 2.24) is 0 Å². The van der Waals surface area contributed by atoms with E-state index in [0.717, 1.165) is 6.42 Å². The van der Waals surface area contributed by atoms with Crippen molar-refractivity contribution >= 4 is 0 Å². The van der Waals surface area contributed by atoms with Crippen molar-refractivity contribution in [3.63, 3.8) is 0 Å². The zero-order valence-electron chi connectivity index (χ0n) is 12.3. The molecule has 0 aliphatic rings. The molecular weight excluding hydrogens is 250 g/mol. The first-order valence-electron chi connectivity index (χ1n) is 6.02. The smallest absolute Gasteiger partial charge is 0 e. The van der Waals surface area contributed by atoms with Gasteiger partial charge in [0.2, 0.25) is 0 Å². The molecule has 2 nitrogen and oxygen atoms in total. The van der Waals surface area contributed by atoms with E-state index in [2.05, 4.69) is 59.1 Å². The van der Waals surface area contributed by atoms with Gasteiger partial charge in [-0.05, 0) is 0 Å². The van der Waals surface area contributed by atoms with Gasteiger partial charge in [0, 0.05) is 19.5 Å². The van der Waals surface area contributed by atoms with Gasteiger partial charge < -0.3 is 17.6 Å². The standard InChI is InChI=1S/C11H24N2.C2H5.Zn/c1-8(2)12-10(5)7-11(6)13-9(3)4;1-2;/h8-11H,7H2,1-6H3;1H2,2H3;/q-2;-1;. The number of hydrogen-bond donors (Lipinski definition) is 0. The van der Waals surface area contributed by atoms with Crippen LogP contribution in [0.3, 0.4) is 0 Å². The molecule has 16 heavy (non-hydrogen) atoms. The van der Waals surface area contributed by atoms with E-state index in [-0.39, 0.29) is 19.5 Å². The van der Waals surface area contributed by atoms with Crippen molar-refractivity contribution < 1.29 is 19.5 Å². The van der Waals surface area contributed by atoms with E-state index in [0.29, 0.717) is 24.2 Å². The summed E-state index contributed by atoms with van der Waals surface area (Å²) in [7, 11) is 0. The monoisotopic (exact) mass is 277 g/mol. The first-order chi connectivity index (χ1) is 6.91.